The molecule has 16 heavy (non-hydrogen) atoms. The molecule has 0 saturated carbocycles. The normalized spacial score (nSPS) is 20.5. The largest absolute Gasteiger partial charge is 0.481 e. The van der Waals surface area contributed by atoms with Gasteiger partial charge in [0, 0.05) is 0 Å². The van der Waals surface area contributed by atoms with Gasteiger partial charge < -0.3 is 5.11 Å². The van der Waals surface area contributed by atoms with Crippen LogP contribution >= 0.6 is 0 Å². The minimum atomic E-state index is -0.714. The van der Waals surface area contributed by atoms with E-state index in [0.29, 0.717) is 12.3 Å². The van der Waals surface area contributed by atoms with E-state index in [0.717, 1.165) is 5.56 Å². The number of carboxylic acids is 1. The SMILES string of the molecule is CC(Cc1ccc2c(c1)C(C)CC2)C(=O)O. The summed E-state index contributed by atoms with van der Waals surface area (Å²) in [6.07, 6.45) is 3.04. The second-order valence-corrected chi connectivity index (χ2v) is 4.92. The van der Waals surface area contributed by atoms with Crippen molar-refractivity contribution in [3.8, 4) is 0 Å². The average molecular weight is 218 g/mol. The van der Waals surface area contributed by atoms with Gasteiger partial charge >= 0.3 is 5.97 Å². The fraction of sp³-hybridized carbons (Fsp3) is 0.500. The fourth-order valence-corrected chi connectivity index (χ4v) is 2.43. The van der Waals surface area contributed by atoms with Crippen molar-refractivity contribution in [2.45, 2.75) is 39.0 Å². The second-order valence-electron chi connectivity index (χ2n) is 4.92. The van der Waals surface area contributed by atoms with Crippen molar-refractivity contribution in [3.63, 3.8) is 0 Å². The minimum absolute atomic E-state index is 0.297. The van der Waals surface area contributed by atoms with Gasteiger partial charge in [0.15, 0.2) is 0 Å². The van der Waals surface area contributed by atoms with Crippen LogP contribution in [0.15, 0.2) is 18.2 Å². The lowest BCUT2D eigenvalue weighted by Gasteiger charge is -2.10. The van der Waals surface area contributed by atoms with Gasteiger partial charge in [-0.3, -0.25) is 4.79 Å². The fourth-order valence-electron chi connectivity index (χ4n) is 2.43. The Hall–Kier alpha value is -1.31. The van der Waals surface area contributed by atoms with Crippen LogP contribution in [0, 0.1) is 5.92 Å². The maximum absolute atomic E-state index is 10.8. The zero-order valence-electron chi connectivity index (χ0n) is 9.86. The molecular weight excluding hydrogens is 200 g/mol. The molecule has 2 nitrogen and oxygen atoms in total. The molecule has 0 spiro atoms. The van der Waals surface area contributed by atoms with Crippen LogP contribution in [-0.4, -0.2) is 11.1 Å². The smallest absolute Gasteiger partial charge is 0.306 e. The maximum atomic E-state index is 10.8. The Bertz CT molecular complexity index is 409. The molecule has 86 valence electrons. The summed E-state index contributed by atoms with van der Waals surface area (Å²) in [6, 6.07) is 6.45. The number of hydrogen-bond donors (Lipinski definition) is 1. The van der Waals surface area contributed by atoms with Gasteiger partial charge in [-0.2, -0.15) is 0 Å². The highest BCUT2D eigenvalue weighted by Gasteiger charge is 2.19. The third-order valence-electron chi connectivity index (χ3n) is 3.55. The molecule has 1 aliphatic rings. The molecule has 1 aliphatic carbocycles. The molecule has 0 bridgehead atoms. The first kappa shape index (κ1) is 11.2. The average Bonchev–Trinajstić information content (AvgIpc) is 2.60. The van der Waals surface area contributed by atoms with E-state index in [1.165, 1.54) is 24.0 Å². The number of carbonyl (C=O) groups is 1. The van der Waals surface area contributed by atoms with Crippen LogP contribution in [0.25, 0.3) is 0 Å². The molecule has 2 atom stereocenters. The highest BCUT2D eigenvalue weighted by Crippen LogP contribution is 2.33. The molecule has 0 aliphatic heterocycles. The molecule has 0 radical (unpaired) electrons. The number of aliphatic carboxylic acids is 1. The van der Waals surface area contributed by atoms with Gasteiger partial charge in [-0.1, -0.05) is 32.0 Å². The van der Waals surface area contributed by atoms with E-state index in [1.807, 2.05) is 0 Å². The summed E-state index contributed by atoms with van der Waals surface area (Å²) in [5.74, 6) is -0.376. The van der Waals surface area contributed by atoms with E-state index < -0.39 is 5.97 Å². The molecule has 0 saturated heterocycles. The van der Waals surface area contributed by atoms with Crippen LogP contribution in [0.3, 0.4) is 0 Å². The van der Waals surface area contributed by atoms with Gasteiger partial charge in [-0.05, 0) is 41.9 Å². The standard InChI is InChI=1S/C14H18O2/c1-9-3-5-12-6-4-11(8-13(9)12)7-10(2)14(15)16/h4,6,8-10H,3,5,7H2,1-2H3,(H,15,16). The lowest BCUT2D eigenvalue weighted by Crippen LogP contribution is -2.12. The van der Waals surface area contributed by atoms with Gasteiger partial charge in [-0.25, -0.2) is 0 Å². The molecule has 1 aromatic rings. The van der Waals surface area contributed by atoms with Crippen molar-refractivity contribution in [2.24, 2.45) is 5.92 Å². The number of aryl methyl sites for hydroxylation is 1. The van der Waals surface area contributed by atoms with Crippen molar-refractivity contribution < 1.29 is 9.90 Å². The van der Waals surface area contributed by atoms with Crippen molar-refractivity contribution in [3.05, 3.63) is 34.9 Å². The zero-order valence-corrected chi connectivity index (χ0v) is 9.86. The molecule has 0 heterocycles. The number of fused-ring (bicyclic) bond motifs is 1. The van der Waals surface area contributed by atoms with Gasteiger partial charge in [0.2, 0.25) is 0 Å². The maximum Gasteiger partial charge on any atom is 0.306 e. The first-order valence-electron chi connectivity index (χ1n) is 5.92. The van der Waals surface area contributed by atoms with Crippen molar-refractivity contribution in [2.75, 3.05) is 0 Å². The van der Waals surface area contributed by atoms with Gasteiger partial charge in [-0.15, -0.1) is 0 Å². The zero-order chi connectivity index (χ0) is 11.7. The van der Waals surface area contributed by atoms with Crippen LogP contribution in [0.2, 0.25) is 0 Å². The van der Waals surface area contributed by atoms with Crippen molar-refractivity contribution in [1.82, 2.24) is 0 Å². The number of carboxylic acid groups (broad SMARTS) is 1. The van der Waals surface area contributed by atoms with Gasteiger partial charge in [0.05, 0.1) is 5.92 Å². The third-order valence-corrected chi connectivity index (χ3v) is 3.55. The van der Waals surface area contributed by atoms with E-state index in [9.17, 15) is 4.79 Å². The van der Waals surface area contributed by atoms with Crippen LogP contribution < -0.4 is 0 Å². The molecule has 0 fully saturated rings. The van der Waals surface area contributed by atoms with Gasteiger partial charge in [0.25, 0.3) is 0 Å². The predicted molar refractivity (Wildman–Crippen MR) is 63.7 cm³/mol. The second kappa shape index (κ2) is 4.28. The monoisotopic (exact) mass is 218 g/mol. The Morgan fingerprint density at radius 1 is 1.56 bits per heavy atom. The molecule has 1 aromatic carbocycles. The topological polar surface area (TPSA) is 37.3 Å². The summed E-state index contributed by atoms with van der Waals surface area (Å²) in [5.41, 5.74) is 4.02. The molecule has 2 rings (SSSR count). The highest BCUT2D eigenvalue weighted by molar-refractivity contribution is 5.69. The Balaban J connectivity index is 2.18. The first-order chi connectivity index (χ1) is 7.58. The van der Waals surface area contributed by atoms with E-state index in [-0.39, 0.29) is 5.92 Å². The summed E-state index contributed by atoms with van der Waals surface area (Å²) >= 11 is 0. The Labute approximate surface area is 96.3 Å². The minimum Gasteiger partial charge on any atom is -0.481 e. The van der Waals surface area contributed by atoms with E-state index in [2.05, 4.69) is 25.1 Å². The number of rotatable bonds is 3. The van der Waals surface area contributed by atoms with Gasteiger partial charge in [0.1, 0.15) is 0 Å². The quantitative estimate of drug-likeness (QED) is 0.846. The molecule has 0 amide bonds. The van der Waals surface area contributed by atoms with E-state index in [4.69, 9.17) is 5.11 Å². The summed E-state index contributed by atoms with van der Waals surface area (Å²) in [6.45, 7) is 4.01. The van der Waals surface area contributed by atoms with Crippen molar-refractivity contribution >= 4 is 5.97 Å². The number of hydrogen-bond acceptors (Lipinski definition) is 1. The molecule has 2 heteroatoms. The van der Waals surface area contributed by atoms with Crippen LogP contribution in [-0.2, 0) is 17.6 Å². The Morgan fingerprint density at radius 3 is 3.00 bits per heavy atom. The Morgan fingerprint density at radius 2 is 2.31 bits per heavy atom. The molecule has 1 N–H and O–H groups in total. The molecule has 0 aromatic heterocycles. The molecular formula is C14H18O2. The third kappa shape index (κ3) is 2.11. The summed E-state index contributed by atoms with van der Waals surface area (Å²) in [5, 5.41) is 8.89. The highest BCUT2D eigenvalue weighted by atomic mass is 16.4. The van der Waals surface area contributed by atoms with Crippen LogP contribution in [0.4, 0.5) is 0 Å². The van der Waals surface area contributed by atoms with E-state index >= 15 is 0 Å². The summed E-state index contributed by atoms with van der Waals surface area (Å²) < 4.78 is 0. The number of benzene rings is 1. The predicted octanol–water partition coefficient (Wildman–Crippen LogP) is 3.00. The summed E-state index contributed by atoms with van der Waals surface area (Å²) in [7, 11) is 0. The Kier molecular flexibility index (Phi) is 2.99. The molecule has 2 unspecified atom stereocenters. The van der Waals surface area contributed by atoms with E-state index in [1.54, 1.807) is 6.92 Å². The lowest BCUT2D eigenvalue weighted by atomic mass is 9.95. The van der Waals surface area contributed by atoms with Crippen LogP contribution in [0.1, 0.15) is 42.9 Å². The van der Waals surface area contributed by atoms with Crippen LogP contribution in [0.5, 0.6) is 0 Å². The lowest BCUT2D eigenvalue weighted by molar-refractivity contribution is -0.141. The van der Waals surface area contributed by atoms with Crippen molar-refractivity contribution in [1.29, 1.82) is 0 Å². The summed E-state index contributed by atoms with van der Waals surface area (Å²) in [4.78, 5) is 10.8. The first-order valence-corrected chi connectivity index (χ1v) is 5.92.